The van der Waals surface area contributed by atoms with Crippen LogP contribution in [0.25, 0.3) is 0 Å². The SMILES string of the molecule is CC(C)(C)OC(=O)N[C@H]1CC[C@](O)(CI)CC1. The van der Waals surface area contributed by atoms with Gasteiger partial charge in [0.15, 0.2) is 0 Å². The van der Waals surface area contributed by atoms with E-state index < -0.39 is 11.2 Å². The molecule has 100 valence electrons. The molecular weight excluding hydrogens is 333 g/mol. The molecule has 2 N–H and O–H groups in total. The van der Waals surface area contributed by atoms with Crippen molar-refractivity contribution >= 4 is 28.7 Å². The highest BCUT2D eigenvalue weighted by molar-refractivity contribution is 14.1. The molecule has 1 amide bonds. The number of aliphatic hydroxyl groups is 1. The smallest absolute Gasteiger partial charge is 0.407 e. The second-order valence-corrected chi connectivity index (χ2v) is 6.54. The second kappa shape index (κ2) is 5.73. The average molecular weight is 355 g/mol. The van der Waals surface area contributed by atoms with E-state index in [-0.39, 0.29) is 12.1 Å². The lowest BCUT2D eigenvalue weighted by Gasteiger charge is -2.35. The van der Waals surface area contributed by atoms with Crippen molar-refractivity contribution in [3.05, 3.63) is 0 Å². The zero-order valence-corrected chi connectivity index (χ0v) is 12.9. The molecular formula is C12H22INO3. The van der Waals surface area contributed by atoms with Crippen molar-refractivity contribution in [2.24, 2.45) is 0 Å². The van der Waals surface area contributed by atoms with Crippen LogP contribution in [0.1, 0.15) is 46.5 Å². The number of carbonyl (C=O) groups excluding carboxylic acids is 1. The topological polar surface area (TPSA) is 58.6 Å². The third-order valence-corrected chi connectivity index (χ3v) is 4.31. The number of alkyl carbamates (subject to hydrolysis) is 1. The van der Waals surface area contributed by atoms with E-state index in [4.69, 9.17) is 4.74 Å². The Labute approximate surface area is 117 Å². The van der Waals surface area contributed by atoms with E-state index in [0.29, 0.717) is 0 Å². The van der Waals surface area contributed by atoms with Gasteiger partial charge in [-0.3, -0.25) is 0 Å². The first-order valence-electron chi connectivity index (χ1n) is 6.02. The summed E-state index contributed by atoms with van der Waals surface area (Å²) < 4.78 is 5.96. The molecule has 0 unspecified atom stereocenters. The van der Waals surface area contributed by atoms with E-state index in [9.17, 15) is 9.90 Å². The van der Waals surface area contributed by atoms with Gasteiger partial charge in [-0.05, 0) is 46.5 Å². The molecule has 0 aromatic rings. The number of nitrogens with one attached hydrogen (secondary N) is 1. The summed E-state index contributed by atoms with van der Waals surface area (Å²) in [6.07, 6.45) is 2.77. The van der Waals surface area contributed by atoms with Crippen LogP contribution in [0.3, 0.4) is 0 Å². The number of amides is 1. The quantitative estimate of drug-likeness (QED) is 0.591. The van der Waals surface area contributed by atoms with Gasteiger partial charge < -0.3 is 15.2 Å². The van der Waals surface area contributed by atoms with Crippen LogP contribution in [-0.2, 0) is 4.74 Å². The van der Waals surface area contributed by atoms with Crippen molar-refractivity contribution in [2.75, 3.05) is 4.43 Å². The third kappa shape index (κ3) is 5.42. The molecule has 1 fully saturated rings. The highest BCUT2D eigenvalue weighted by Gasteiger charge is 2.33. The first-order chi connectivity index (χ1) is 7.74. The highest BCUT2D eigenvalue weighted by Crippen LogP contribution is 2.30. The van der Waals surface area contributed by atoms with Crippen LogP contribution in [0.4, 0.5) is 4.79 Å². The van der Waals surface area contributed by atoms with Crippen LogP contribution in [0.5, 0.6) is 0 Å². The molecule has 1 saturated carbocycles. The molecule has 4 nitrogen and oxygen atoms in total. The fourth-order valence-electron chi connectivity index (χ4n) is 1.91. The molecule has 0 radical (unpaired) electrons. The van der Waals surface area contributed by atoms with Gasteiger partial charge in [0, 0.05) is 10.5 Å². The summed E-state index contributed by atoms with van der Waals surface area (Å²) in [5.74, 6) is 0. The Morgan fingerprint density at radius 2 is 2.00 bits per heavy atom. The van der Waals surface area contributed by atoms with Gasteiger partial charge in [0.1, 0.15) is 5.60 Å². The number of ether oxygens (including phenoxy) is 1. The molecule has 0 atom stereocenters. The summed E-state index contributed by atoms with van der Waals surface area (Å²) in [4.78, 5) is 11.6. The Kier molecular flexibility index (Phi) is 5.07. The summed E-state index contributed by atoms with van der Waals surface area (Å²) in [7, 11) is 0. The van der Waals surface area contributed by atoms with Gasteiger partial charge in [-0.15, -0.1) is 0 Å². The van der Waals surface area contributed by atoms with Crippen molar-refractivity contribution in [3.8, 4) is 0 Å². The summed E-state index contributed by atoms with van der Waals surface area (Å²) in [5.41, 5.74) is -0.992. The van der Waals surface area contributed by atoms with E-state index in [2.05, 4.69) is 27.9 Å². The lowest BCUT2D eigenvalue weighted by atomic mass is 9.84. The molecule has 1 aliphatic carbocycles. The lowest BCUT2D eigenvalue weighted by Crippen LogP contribution is -2.45. The van der Waals surface area contributed by atoms with Crippen LogP contribution < -0.4 is 5.32 Å². The molecule has 1 rings (SSSR count). The average Bonchev–Trinajstić information content (AvgIpc) is 2.19. The monoisotopic (exact) mass is 355 g/mol. The largest absolute Gasteiger partial charge is 0.444 e. The Bertz CT molecular complexity index is 267. The van der Waals surface area contributed by atoms with Crippen molar-refractivity contribution in [2.45, 2.75) is 63.7 Å². The van der Waals surface area contributed by atoms with E-state index in [1.807, 2.05) is 20.8 Å². The Hall–Kier alpha value is -0.0400. The van der Waals surface area contributed by atoms with Gasteiger partial charge in [-0.2, -0.15) is 0 Å². The van der Waals surface area contributed by atoms with Crippen LogP contribution in [0, 0.1) is 0 Å². The minimum Gasteiger partial charge on any atom is -0.444 e. The van der Waals surface area contributed by atoms with Gasteiger partial charge in [-0.25, -0.2) is 4.79 Å². The van der Waals surface area contributed by atoms with Gasteiger partial charge in [0.25, 0.3) is 0 Å². The minimum absolute atomic E-state index is 0.132. The number of hydrogen-bond donors (Lipinski definition) is 2. The summed E-state index contributed by atoms with van der Waals surface area (Å²) >= 11 is 2.21. The fourth-order valence-corrected chi connectivity index (χ4v) is 2.67. The maximum Gasteiger partial charge on any atom is 0.407 e. The van der Waals surface area contributed by atoms with Crippen molar-refractivity contribution in [3.63, 3.8) is 0 Å². The highest BCUT2D eigenvalue weighted by atomic mass is 127. The summed E-state index contributed by atoms with van der Waals surface area (Å²) in [6.45, 7) is 5.55. The standard InChI is InChI=1S/C12H22INO3/c1-11(2,3)17-10(15)14-9-4-6-12(16,8-13)7-5-9/h9,16H,4-8H2,1-3H3,(H,14,15)/t9-,12+. The third-order valence-electron chi connectivity index (χ3n) is 2.89. The predicted octanol–water partition coefficient (Wildman–Crippen LogP) is 2.62. The van der Waals surface area contributed by atoms with E-state index >= 15 is 0 Å². The maximum absolute atomic E-state index is 11.6. The molecule has 0 aliphatic heterocycles. The number of carbonyl (C=O) groups is 1. The Morgan fingerprint density at radius 1 is 1.47 bits per heavy atom. The van der Waals surface area contributed by atoms with Crippen LogP contribution >= 0.6 is 22.6 Å². The van der Waals surface area contributed by atoms with Crippen molar-refractivity contribution in [1.29, 1.82) is 0 Å². The molecule has 0 aromatic carbocycles. The van der Waals surface area contributed by atoms with Gasteiger partial charge >= 0.3 is 6.09 Å². The molecule has 0 saturated heterocycles. The number of halogens is 1. The van der Waals surface area contributed by atoms with E-state index in [0.717, 1.165) is 30.1 Å². The molecule has 17 heavy (non-hydrogen) atoms. The van der Waals surface area contributed by atoms with Gasteiger partial charge in [-0.1, -0.05) is 22.6 Å². The van der Waals surface area contributed by atoms with Gasteiger partial charge in [0.2, 0.25) is 0 Å². The van der Waals surface area contributed by atoms with Crippen molar-refractivity contribution in [1.82, 2.24) is 5.32 Å². The number of alkyl halides is 1. The molecule has 0 heterocycles. The summed E-state index contributed by atoms with van der Waals surface area (Å²) in [5, 5.41) is 12.9. The maximum atomic E-state index is 11.6. The normalized spacial score (nSPS) is 29.8. The van der Waals surface area contributed by atoms with E-state index in [1.165, 1.54) is 0 Å². The molecule has 1 aliphatic rings. The predicted molar refractivity (Wildman–Crippen MR) is 75.5 cm³/mol. The minimum atomic E-state index is -0.535. The number of hydrogen-bond acceptors (Lipinski definition) is 3. The zero-order chi connectivity index (χ0) is 13.1. The zero-order valence-electron chi connectivity index (χ0n) is 10.8. The van der Waals surface area contributed by atoms with E-state index in [1.54, 1.807) is 0 Å². The molecule has 0 bridgehead atoms. The lowest BCUT2D eigenvalue weighted by molar-refractivity contribution is 0.0154. The van der Waals surface area contributed by atoms with Crippen LogP contribution in [0.15, 0.2) is 0 Å². The molecule has 0 aromatic heterocycles. The molecule has 5 heteroatoms. The fraction of sp³-hybridized carbons (Fsp3) is 0.917. The number of rotatable bonds is 2. The first-order valence-corrected chi connectivity index (χ1v) is 7.54. The van der Waals surface area contributed by atoms with Crippen LogP contribution in [-0.4, -0.2) is 32.9 Å². The summed E-state index contributed by atoms with van der Waals surface area (Å²) in [6, 6.07) is 0.132. The Morgan fingerprint density at radius 3 is 2.41 bits per heavy atom. The second-order valence-electron chi connectivity index (χ2n) is 5.78. The Balaban J connectivity index is 2.34. The van der Waals surface area contributed by atoms with Crippen LogP contribution in [0.2, 0.25) is 0 Å². The first kappa shape index (κ1) is 15.0. The van der Waals surface area contributed by atoms with Gasteiger partial charge in [0.05, 0.1) is 5.60 Å². The molecule has 0 spiro atoms. The van der Waals surface area contributed by atoms with Crippen molar-refractivity contribution < 1.29 is 14.6 Å².